The van der Waals surface area contributed by atoms with Gasteiger partial charge in [0.25, 0.3) is 6.29 Å². The van der Waals surface area contributed by atoms with Crippen molar-refractivity contribution >= 4 is 23.7 Å². The lowest BCUT2D eigenvalue weighted by Gasteiger charge is -2.65. The first-order chi connectivity index (χ1) is 17.5. The molecule has 0 bridgehead atoms. The van der Waals surface area contributed by atoms with Crippen molar-refractivity contribution in [2.45, 2.75) is 103 Å². The van der Waals surface area contributed by atoms with E-state index in [1.165, 1.54) is 13.0 Å². The van der Waals surface area contributed by atoms with E-state index in [9.17, 15) is 19.2 Å². The van der Waals surface area contributed by atoms with Crippen LogP contribution in [0.5, 0.6) is 0 Å². The molecule has 10 atom stereocenters. The molecule has 6 rings (SSSR count). The molecule has 0 aromatic rings. The Morgan fingerprint density at radius 1 is 1.00 bits per heavy atom. The maximum Gasteiger partial charge on any atom is 0.341 e. The summed E-state index contributed by atoms with van der Waals surface area (Å²) in [7, 11) is 1.63. The summed E-state index contributed by atoms with van der Waals surface area (Å²) < 4.78 is 35.1. The Morgan fingerprint density at radius 3 is 2.32 bits per heavy atom. The fourth-order valence-corrected chi connectivity index (χ4v) is 9.54. The lowest BCUT2D eigenvalue weighted by molar-refractivity contribution is -0.284. The second-order valence-corrected chi connectivity index (χ2v) is 13.1. The molecule has 3 saturated heterocycles. The fourth-order valence-electron chi connectivity index (χ4n) is 9.54. The predicted octanol–water partition coefficient (Wildman–Crippen LogP) is 2.61. The molecular formula is C28H36O10. The maximum absolute atomic E-state index is 14.3. The summed E-state index contributed by atoms with van der Waals surface area (Å²) in [6.07, 6.45) is -0.397. The third-order valence-electron chi connectivity index (χ3n) is 11.3. The van der Waals surface area contributed by atoms with Crippen molar-refractivity contribution in [2.24, 2.45) is 28.1 Å². The van der Waals surface area contributed by atoms with E-state index in [4.69, 9.17) is 28.4 Å². The number of cyclic esters (lactones) is 2. The Kier molecular flexibility index (Phi) is 4.95. The molecule has 10 heteroatoms. The summed E-state index contributed by atoms with van der Waals surface area (Å²) >= 11 is 0. The molecule has 2 aliphatic carbocycles. The number of carbonyl (C=O) groups excluding carboxylic acids is 4. The van der Waals surface area contributed by atoms with Gasteiger partial charge in [0, 0.05) is 43.3 Å². The van der Waals surface area contributed by atoms with Gasteiger partial charge in [0.1, 0.15) is 17.5 Å². The van der Waals surface area contributed by atoms with Crippen molar-refractivity contribution in [1.82, 2.24) is 0 Å². The number of methoxy groups -OCH3 is 1. The molecular weight excluding hydrogens is 496 g/mol. The van der Waals surface area contributed by atoms with Crippen LogP contribution in [-0.4, -0.2) is 66.3 Å². The van der Waals surface area contributed by atoms with Crippen LogP contribution in [0.4, 0.5) is 0 Å². The molecule has 4 aliphatic heterocycles. The summed E-state index contributed by atoms with van der Waals surface area (Å²) in [6.45, 7) is 13.1. The Morgan fingerprint density at radius 2 is 1.68 bits per heavy atom. The van der Waals surface area contributed by atoms with Gasteiger partial charge in [-0.2, -0.15) is 0 Å². The fraction of sp³-hybridized carbons (Fsp3) is 0.786. The number of hydrogen-bond acceptors (Lipinski definition) is 10. The molecule has 5 fully saturated rings. The summed E-state index contributed by atoms with van der Waals surface area (Å²) in [5, 5.41) is 0. The first-order valence-electron chi connectivity index (χ1n) is 13.3. The molecule has 6 aliphatic rings. The van der Waals surface area contributed by atoms with Gasteiger partial charge in [-0.15, -0.1) is 0 Å². The quantitative estimate of drug-likeness (QED) is 0.395. The second-order valence-electron chi connectivity index (χ2n) is 13.1. The minimum Gasteiger partial charge on any atom is -0.454 e. The first-order valence-corrected chi connectivity index (χ1v) is 13.3. The molecule has 0 amide bonds. The standard InChI is InChI=1S/C28H36O10/c1-13(29)34-18-11-14(21(31)35-18)19-24(4)10-9-15-25(5)16(23(2,3)38-27(25,7)33-8)12-17(30)26(15,6)28(24)20(37-28)22(32)36-19/h11,15-16,18-20H,9-10,12H2,1-8H3/t15-,16?,18?,19+,20-,24+,25-,26+,27+,28-/m1/s1. The molecule has 2 unspecified atom stereocenters. The van der Waals surface area contributed by atoms with Crippen molar-refractivity contribution in [3.8, 4) is 0 Å². The number of Topliss-reactive ketones (excluding diaryl/α,β-unsaturated/α-hetero) is 1. The summed E-state index contributed by atoms with van der Waals surface area (Å²) in [6, 6.07) is 0. The zero-order chi connectivity index (χ0) is 27.8. The van der Waals surface area contributed by atoms with Gasteiger partial charge < -0.3 is 28.4 Å². The van der Waals surface area contributed by atoms with Gasteiger partial charge in [-0.1, -0.05) is 13.8 Å². The third kappa shape index (κ3) is 2.65. The number of esters is 3. The van der Waals surface area contributed by atoms with E-state index in [0.717, 1.165) is 0 Å². The van der Waals surface area contributed by atoms with Gasteiger partial charge in [0.2, 0.25) is 0 Å². The van der Waals surface area contributed by atoms with Crippen LogP contribution in [-0.2, 0) is 47.6 Å². The van der Waals surface area contributed by atoms with E-state index in [2.05, 4.69) is 6.92 Å². The zero-order valence-corrected chi connectivity index (χ0v) is 23.2. The highest BCUT2D eigenvalue weighted by molar-refractivity contribution is 5.96. The number of hydrogen-bond donors (Lipinski definition) is 0. The van der Waals surface area contributed by atoms with E-state index in [-0.39, 0.29) is 29.6 Å². The SMILES string of the molecule is CO[C@@]1(C)OC(C)(C)C2CC(=O)[C@]3(C)[C@H](CC[C@@]4(C)[C@H](C5=CC(OC(C)=O)OC5=O)OC(=O)[C@H]5O[C@]543)[C@]21C. The molecule has 0 aromatic heterocycles. The highest BCUT2D eigenvalue weighted by Gasteiger charge is 2.90. The summed E-state index contributed by atoms with van der Waals surface area (Å²) in [5.74, 6) is -3.23. The minimum atomic E-state index is -1.20. The Bertz CT molecular complexity index is 1210. The number of rotatable bonds is 3. The van der Waals surface area contributed by atoms with Crippen molar-refractivity contribution in [2.75, 3.05) is 7.11 Å². The topological polar surface area (TPSA) is 127 Å². The van der Waals surface area contributed by atoms with Crippen molar-refractivity contribution in [3.05, 3.63) is 11.6 Å². The number of carbonyl (C=O) groups is 4. The van der Waals surface area contributed by atoms with Gasteiger partial charge in [0.05, 0.1) is 16.6 Å². The van der Waals surface area contributed by atoms with E-state index in [0.29, 0.717) is 12.8 Å². The van der Waals surface area contributed by atoms with Gasteiger partial charge in [0.15, 0.2) is 11.9 Å². The van der Waals surface area contributed by atoms with Crippen molar-refractivity contribution < 1.29 is 47.6 Å². The minimum absolute atomic E-state index is 0.0182. The predicted molar refractivity (Wildman–Crippen MR) is 128 cm³/mol. The highest BCUT2D eigenvalue weighted by atomic mass is 16.7. The number of epoxide rings is 1. The van der Waals surface area contributed by atoms with Crippen LogP contribution in [0, 0.1) is 28.1 Å². The average molecular weight is 533 g/mol. The van der Waals surface area contributed by atoms with E-state index >= 15 is 0 Å². The maximum atomic E-state index is 14.3. The number of fused-ring (bicyclic) bond motifs is 3. The first kappa shape index (κ1) is 26.0. The lowest BCUT2D eigenvalue weighted by atomic mass is 9.37. The van der Waals surface area contributed by atoms with Gasteiger partial charge in [-0.25, -0.2) is 9.59 Å². The van der Waals surface area contributed by atoms with Crippen LogP contribution in [0.25, 0.3) is 0 Å². The van der Waals surface area contributed by atoms with Crippen LogP contribution in [0.15, 0.2) is 11.6 Å². The molecule has 2 saturated carbocycles. The van der Waals surface area contributed by atoms with Crippen LogP contribution in [0.2, 0.25) is 0 Å². The molecule has 0 aromatic carbocycles. The summed E-state index contributed by atoms with van der Waals surface area (Å²) in [4.78, 5) is 52.0. The van der Waals surface area contributed by atoms with Crippen molar-refractivity contribution in [3.63, 3.8) is 0 Å². The molecule has 10 nitrogen and oxygen atoms in total. The third-order valence-corrected chi connectivity index (χ3v) is 11.3. The average Bonchev–Trinajstić information content (AvgIpc) is 3.47. The summed E-state index contributed by atoms with van der Waals surface area (Å²) in [5.41, 5.74) is -4.24. The van der Waals surface area contributed by atoms with Crippen LogP contribution in [0.1, 0.15) is 67.7 Å². The highest BCUT2D eigenvalue weighted by Crippen LogP contribution is 2.79. The number of ketones is 1. The molecule has 0 N–H and O–H groups in total. The van der Waals surface area contributed by atoms with E-state index in [1.54, 1.807) is 7.11 Å². The van der Waals surface area contributed by atoms with Gasteiger partial charge in [-0.3, -0.25) is 9.59 Å². The molecule has 1 spiro atoms. The smallest absolute Gasteiger partial charge is 0.341 e. The van der Waals surface area contributed by atoms with Crippen LogP contribution < -0.4 is 0 Å². The Balaban J connectivity index is 1.48. The zero-order valence-electron chi connectivity index (χ0n) is 23.2. The Hall–Kier alpha value is -2.30. The van der Waals surface area contributed by atoms with Crippen molar-refractivity contribution in [1.29, 1.82) is 0 Å². The van der Waals surface area contributed by atoms with Crippen LogP contribution >= 0.6 is 0 Å². The van der Waals surface area contributed by atoms with Gasteiger partial charge in [-0.05, 0) is 46.5 Å². The number of ether oxygens (including phenoxy) is 6. The van der Waals surface area contributed by atoms with Crippen LogP contribution in [0.3, 0.4) is 0 Å². The molecule has 38 heavy (non-hydrogen) atoms. The molecule has 208 valence electrons. The second kappa shape index (κ2) is 7.26. The molecule has 4 heterocycles. The molecule has 0 radical (unpaired) electrons. The van der Waals surface area contributed by atoms with Gasteiger partial charge >= 0.3 is 17.9 Å². The van der Waals surface area contributed by atoms with E-state index in [1.807, 2.05) is 34.6 Å². The monoisotopic (exact) mass is 532 g/mol. The lowest BCUT2D eigenvalue weighted by Crippen LogP contribution is -2.73. The Labute approximate surface area is 221 Å². The van der Waals surface area contributed by atoms with E-state index < -0.39 is 69.6 Å². The normalized spacial score (nSPS) is 52.1. The largest absolute Gasteiger partial charge is 0.454 e.